The number of nitrogens with zero attached hydrogens (tertiary/aromatic N) is 2. The molecule has 0 saturated heterocycles. The van der Waals surface area contributed by atoms with Gasteiger partial charge < -0.3 is 31.1 Å². The Morgan fingerprint density at radius 3 is 2.28 bits per heavy atom. The van der Waals surface area contributed by atoms with Gasteiger partial charge in [-0.15, -0.1) is 0 Å². The predicted molar refractivity (Wildman–Crippen MR) is 162 cm³/mol. The Morgan fingerprint density at radius 2 is 1.70 bits per heavy atom. The highest BCUT2D eigenvalue weighted by molar-refractivity contribution is 6.24. The van der Waals surface area contributed by atoms with E-state index >= 15 is 0 Å². The maximum Gasteiger partial charge on any atom is 0.255 e. The molecule has 10 nitrogen and oxygen atoms in total. The molecule has 2 aromatic carbocycles. The zero-order chi connectivity index (χ0) is 31.5. The number of carbonyl (C=O) groups excluding carboxylic acids is 3. The molecule has 0 aromatic heterocycles. The van der Waals surface area contributed by atoms with Crippen molar-refractivity contribution in [2.45, 2.75) is 50.7 Å². The number of nitrogens with two attached hydrogens (primary N) is 1. The molecule has 228 valence electrons. The van der Waals surface area contributed by atoms with Crippen LogP contribution in [-0.4, -0.2) is 82.6 Å². The van der Waals surface area contributed by atoms with Gasteiger partial charge >= 0.3 is 0 Å². The summed E-state index contributed by atoms with van der Waals surface area (Å²) in [6.07, 6.45) is 2.34. The number of aliphatic hydroxyl groups excluding tert-OH is 2. The molecule has 1 fully saturated rings. The van der Waals surface area contributed by atoms with Crippen molar-refractivity contribution in [2.75, 3.05) is 33.1 Å². The Hall–Kier alpha value is -4.15. The summed E-state index contributed by atoms with van der Waals surface area (Å²) in [6, 6.07) is 9.04. The number of anilines is 1. The topological polar surface area (TPSA) is 165 Å². The fourth-order valence-corrected chi connectivity index (χ4v) is 7.17. The third kappa shape index (κ3) is 4.69. The molecule has 6 N–H and O–H groups in total. The molecule has 43 heavy (non-hydrogen) atoms. The fraction of sp³-hybridized carbons (Fsp3) is 0.424. The Kier molecular flexibility index (Phi) is 7.64. The van der Waals surface area contributed by atoms with E-state index < -0.39 is 58.0 Å². The van der Waals surface area contributed by atoms with Crippen LogP contribution in [0, 0.1) is 18.8 Å². The largest absolute Gasteiger partial charge is 0.508 e. The highest BCUT2D eigenvalue weighted by Gasteiger charge is 2.64. The van der Waals surface area contributed by atoms with Crippen molar-refractivity contribution in [1.82, 2.24) is 4.90 Å². The van der Waals surface area contributed by atoms with Crippen LogP contribution in [0.3, 0.4) is 0 Å². The molecule has 0 heterocycles. The molecular weight excluding hydrogens is 550 g/mol. The summed E-state index contributed by atoms with van der Waals surface area (Å²) >= 11 is 0. The van der Waals surface area contributed by atoms with Gasteiger partial charge in [0.15, 0.2) is 11.4 Å². The second-order valence-electron chi connectivity index (χ2n) is 12.5. The van der Waals surface area contributed by atoms with E-state index in [0.29, 0.717) is 17.5 Å². The van der Waals surface area contributed by atoms with Crippen molar-refractivity contribution in [3.05, 3.63) is 75.1 Å². The van der Waals surface area contributed by atoms with Gasteiger partial charge in [0.2, 0.25) is 5.78 Å². The summed E-state index contributed by atoms with van der Waals surface area (Å²) < 4.78 is 0. The number of aryl methyl sites for hydroxylation is 3. The van der Waals surface area contributed by atoms with E-state index in [1.165, 1.54) is 16.0 Å². The number of phenolic OH excluding ortho intramolecular Hbond substituents is 1. The third-order valence-corrected chi connectivity index (χ3v) is 9.29. The molecule has 0 radical (unpaired) electrons. The number of Topliss-reactive ketones (excluding diaryl/α,β-unsaturated/α-hetero) is 2. The second-order valence-corrected chi connectivity index (χ2v) is 12.5. The van der Waals surface area contributed by atoms with Crippen molar-refractivity contribution in [2.24, 2.45) is 17.6 Å². The molecule has 3 aliphatic rings. The number of rotatable bonds is 7. The molecule has 4 unspecified atom stereocenters. The van der Waals surface area contributed by atoms with Gasteiger partial charge in [0.05, 0.1) is 11.6 Å². The van der Waals surface area contributed by atoms with Gasteiger partial charge in [-0.05, 0) is 81.8 Å². The first-order valence-electron chi connectivity index (χ1n) is 14.4. The highest BCUT2D eigenvalue weighted by atomic mass is 16.3. The number of aliphatic hydroxyl groups is 3. The number of aromatic hydroxyl groups is 1. The lowest BCUT2D eigenvalue weighted by atomic mass is 9.57. The normalized spacial score (nSPS) is 25.0. The Morgan fingerprint density at radius 1 is 1.05 bits per heavy atom. The maximum absolute atomic E-state index is 14.1. The van der Waals surface area contributed by atoms with Crippen LogP contribution in [0.5, 0.6) is 5.75 Å². The molecular formula is C33H39N3O7. The van der Waals surface area contributed by atoms with Crippen molar-refractivity contribution >= 4 is 28.9 Å². The molecule has 0 spiro atoms. The van der Waals surface area contributed by atoms with Crippen molar-refractivity contribution in [1.29, 1.82) is 0 Å². The summed E-state index contributed by atoms with van der Waals surface area (Å²) in [5.41, 5.74) is 6.27. The zero-order valence-corrected chi connectivity index (χ0v) is 25.1. The lowest BCUT2D eigenvalue weighted by Gasteiger charge is -2.50. The minimum atomic E-state index is -2.66. The number of carbonyl (C=O) groups is 3. The van der Waals surface area contributed by atoms with E-state index in [-0.39, 0.29) is 29.7 Å². The van der Waals surface area contributed by atoms with Crippen molar-refractivity contribution < 1.29 is 34.8 Å². The van der Waals surface area contributed by atoms with Crippen LogP contribution in [0.25, 0.3) is 5.76 Å². The lowest BCUT2D eigenvalue weighted by Crippen LogP contribution is -2.65. The molecule has 4 atom stereocenters. The number of fused-ring (bicyclic) bond motifs is 3. The molecule has 1 amide bonds. The number of likely N-dealkylation sites (N-methyl/N-ethyl adjacent to an activating group) is 1. The van der Waals surface area contributed by atoms with Crippen LogP contribution in [-0.2, 0) is 33.6 Å². The summed E-state index contributed by atoms with van der Waals surface area (Å²) in [7, 11) is 6.88. The number of amides is 1. The van der Waals surface area contributed by atoms with Gasteiger partial charge in [-0.2, -0.15) is 0 Å². The lowest BCUT2D eigenvalue weighted by molar-refractivity contribution is -0.153. The fourth-order valence-electron chi connectivity index (χ4n) is 7.17. The summed E-state index contributed by atoms with van der Waals surface area (Å²) in [5.74, 6) is -6.47. The molecule has 3 aliphatic carbocycles. The number of hydrogen-bond acceptors (Lipinski definition) is 9. The molecule has 1 saturated carbocycles. The van der Waals surface area contributed by atoms with Crippen LogP contribution in [0.1, 0.15) is 40.7 Å². The van der Waals surface area contributed by atoms with Gasteiger partial charge in [-0.3, -0.25) is 19.3 Å². The SMILES string of the molecule is Cc1ccc(CCCc2cc(N(C)C)c3c(c2O)C(O)=C2C(=O)C4(O)C(O)=C(C(N)=O)C(=O)C(N(C)C)C4CC2C3)cc1. The van der Waals surface area contributed by atoms with Gasteiger partial charge in [0.25, 0.3) is 5.91 Å². The second kappa shape index (κ2) is 10.8. The number of hydrogen-bond donors (Lipinski definition) is 5. The van der Waals surface area contributed by atoms with Crippen LogP contribution in [0.15, 0.2) is 47.2 Å². The summed E-state index contributed by atoms with van der Waals surface area (Å²) in [6.45, 7) is 2.03. The zero-order valence-electron chi connectivity index (χ0n) is 25.1. The average Bonchev–Trinajstić information content (AvgIpc) is 2.92. The molecule has 10 heteroatoms. The Bertz CT molecular complexity index is 1590. The Labute approximate surface area is 250 Å². The van der Waals surface area contributed by atoms with Crippen LogP contribution in [0.2, 0.25) is 0 Å². The number of ketones is 2. The summed E-state index contributed by atoms with van der Waals surface area (Å²) in [5, 5.41) is 46.0. The molecule has 0 bridgehead atoms. The van der Waals surface area contributed by atoms with Crippen LogP contribution in [0.4, 0.5) is 5.69 Å². The van der Waals surface area contributed by atoms with Crippen LogP contribution >= 0.6 is 0 Å². The van der Waals surface area contributed by atoms with Crippen molar-refractivity contribution in [3.8, 4) is 5.75 Å². The summed E-state index contributed by atoms with van der Waals surface area (Å²) in [4.78, 5) is 43.0. The highest BCUT2D eigenvalue weighted by Crippen LogP contribution is 2.54. The van der Waals surface area contributed by atoms with Gasteiger partial charge in [-0.1, -0.05) is 29.8 Å². The predicted octanol–water partition coefficient (Wildman–Crippen LogP) is 2.51. The quantitative estimate of drug-likeness (QED) is 0.305. The number of benzene rings is 2. The molecule has 5 rings (SSSR count). The molecule has 0 aliphatic heterocycles. The Balaban J connectivity index is 1.61. The monoisotopic (exact) mass is 589 g/mol. The van der Waals surface area contributed by atoms with E-state index in [1.807, 2.05) is 32.0 Å². The number of primary amides is 1. The first kappa shape index (κ1) is 30.3. The number of phenols is 1. The van der Waals surface area contributed by atoms with Gasteiger partial charge in [0.1, 0.15) is 22.8 Å². The van der Waals surface area contributed by atoms with Gasteiger partial charge in [-0.25, -0.2) is 0 Å². The van der Waals surface area contributed by atoms with E-state index in [9.17, 15) is 34.8 Å². The minimum absolute atomic E-state index is 0.0533. The standard InChI is InChI=1S/C33H39N3O7/c1-16-9-11-17(12-10-16)7-6-8-18-15-22(35(2)3)20-13-19-14-21-26(36(4)5)29(39)25(32(34)42)31(41)33(21,43)30(40)23(19)28(38)24(20)27(18)37/h9-12,15,19,21,26,37-38,41,43H,6-8,13-14H2,1-5H3,(H2,34,42). The van der Waals surface area contributed by atoms with E-state index in [0.717, 1.165) is 18.5 Å². The van der Waals surface area contributed by atoms with E-state index in [2.05, 4.69) is 24.3 Å². The first-order valence-corrected chi connectivity index (χ1v) is 14.4. The third-order valence-electron chi connectivity index (χ3n) is 9.29. The van der Waals surface area contributed by atoms with Gasteiger partial charge in [0, 0.05) is 31.3 Å². The molecule has 2 aromatic rings. The smallest absolute Gasteiger partial charge is 0.255 e. The minimum Gasteiger partial charge on any atom is -0.508 e. The van der Waals surface area contributed by atoms with E-state index in [4.69, 9.17) is 5.73 Å². The van der Waals surface area contributed by atoms with Crippen molar-refractivity contribution in [3.63, 3.8) is 0 Å². The first-order chi connectivity index (χ1) is 20.2. The van der Waals surface area contributed by atoms with Crippen LogP contribution < -0.4 is 10.6 Å². The maximum atomic E-state index is 14.1. The van der Waals surface area contributed by atoms with E-state index in [1.54, 1.807) is 14.1 Å². The average molecular weight is 590 g/mol.